The molecule has 0 unspecified atom stereocenters. The third-order valence-electron chi connectivity index (χ3n) is 3.49. The van der Waals surface area contributed by atoms with E-state index < -0.39 is 0 Å². The molecule has 0 atom stereocenters. The van der Waals surface area contributed by atoms with Gasteiger partial charge in [0, 0.05) is 38.3 Å². The van der Waals surface area contributed by atoms with E-state index in [1.807, 2.05) is 23.7 Å². The monoisotopic (exact) mass is 317 g/mol. The number of hydrogen-bond acceptors (Lipinski definition) is 3. The summed E-state index contributed by atoms with van der Waals surface area (Å²) in [6.07, 6.45) is 3.52. The Morgan fingerprint density at radius 2 is 2.22 bits per heavy atom. The summed E-state index contributed by atoms with van der Waals surface area (Å²) < 4.78 is 7.37. The molecule has 0 aromatic carbocycles. The molecule has 0 amide bonds. The van der Waals surface area contributed by atoms with Gasteiger partial charge in [0.15, 0.2) is 5.96 Å². The average Bonchev–Trinajstić information content (AvgIpc) is 3.13. The highest BCUT2D eigenvalue weighted by Crippen LogP contribution is 2.02. The molecule has 23 heavy (non-hydrogen) atoms. The molecular formula is C17H27N5O. The van der Waals surface area contributed by atoms with Crippen molar-refractivity contribution >= 4 is 5.96 Å². The molecule has 0 aliphatic heterocycles. The van der Waals surface area contributed by atoms with Gasteiger partial charge in [0.2, 0.25) is 0 Å². The van der Waals surface area contributed by atoms with Crippen LogP contribution in [-0.2, 0) is 13.0 Å². The smallest absolute Gasteiger partial charge is 0.191 e. The molecule has 2 rings (SSSR count). The minimum Gasteiger partial charge on any atom is -0.469 e. The second-order valence-electron chi connectivity index (χ2n) is 5.52. The second-order valence-corrected chi connectivity index (χ2v) is 5.52. The Bertz CT molecular complexity index is 601. The molecule has 6 nitrogen and oxygen atoms in total. The molecule has 0 aliphatic rings. The van der Waals surface area contributed by atoms with Crippen LogP contribution < -0.4 is 10.6 Å². The Hall–Kier alpha value is -2.24. The molecule has 6 heteroatoms. The van der Waals surface area contributed by atoms with E-state index in [2.05, 4.69) is 40.6 Å². The summed E-state index contributed by atoms with van der Waals surface area (Å²) >= 11 is 0. The van der Waals surface area contributed by atoms with Crippen LogP contribution in [0.2, 0.25) is 0 Å². The van der Waals surface area contributed by atoms with Crippen LogP contribution in [0.4, 0.5) is 0 Å². The fraction of sp³-hybridized carbons (Fsp3) is 0.529. The first kappa shape index (κ1) is 17.1. The molecular weight excluding hydrogens is 290 g/mol. The average molecular weight is 317 g/mol. The number of aromatic nitrogens is 2. The van der Waals surface area contributed by atoms with Gasteiger partial charge >= 0.3 is 0 Å². The van der Waals surface area contributed by atoms with Crippen LogP contribution in [0.5, 0.6) is 0 Å². The molecule has 0 saturated heterocycles. The summed E-state index contributed by atoms with van der Waals surface area (Å²) in [7, 11) is 0. The molecule has 0 radical (unpaired) electrons. The molecule has 0 saturated carbocycles. The van der Waals surface area contributed by atoms with Gasteiger partial charge in [-0.05, 0) is 45.4 Å². The minimum atomic E-state index is 0.772. The lowest BCUT2D eigenvalue weighted by molar-refractivity contribution is 0.506. The summed E-state index contributed by atoms with van der Waals surface area (Å²) in [5, 5.41) is 11.1. The number of aryl methyl sites for hydroxylation is 3. The van der Waals surface area contributed by atoms with Crippen molar-refractivity contribution in [3.05, 3.63) is 41.6 Å². The van der Waals surface area contributed by atoms with E-state index in [4.69, 9.17) is 4.42 Å². The van der Waals surface area contributed by atoms with Crippen LogP contribution in [0.15, 0.2) is 33.9 Å². The zero-order valence-electron chi connectivity index (χ0n) is 14.3. The maximum absolute atomic E-state index is 5.33. The quantitative estimate of drug-likeness (QED) is 0.445. The summed E-state index contributed by atoms with van der Waals surface area (Å²) in [6.45, 7) is 9.50. The van der Waals surface area contributed by atoms with E-state index in [9.17, 15) is 0 Å². The first-order valence-corrected chi connectivity index (χ1v) is 8.24. The van der Waals surface area contributed by atoms with E-state index in [1.54, 1.807) is 6.26 Å². The molecule has 2 aromatic rings. The minimum absolute atomic E-state index is 0.772. The van der Waals surface area contributed by atoms with Gasteiger partial charge < -0.3 is 15.1 Å². The standard InChI is InChI=1S/C17H27N5O/c1-4-18-17(20-10-8-16-7-5-12-23-16)19-9-6-11-22-15(3)13-14(2)21-22/h5,7,12-13H,4,6,8-11H2,1-3H3,(H2,18,19,20). The first-order chi connectivity index (χ1) is 11.2. The summed E-state index contributed by atoms with van der Waals surface area (Å²) in [5.74, 6) is 1.84. The van der Waals surface area contributed by atoms with Crippen LogP contribution in [0, 0.1) is 13.8 Å². The van der Waals surface area contributed by atoms with Gasteiger partial charge in [-0.2, -0.15) is 5.10 Å². The summed E-state index contributed by atoms with van der Waals surface area (Å²) in [4.78, 5) is 4.61. The fourth-order valence-electron chi connectivity index (χ4n) is 2.41. The molecule has 0 aliphatic carbocycles. The van der Waals surface area contributed by atoms with Crippen molar-refractivity contribution in [2.75, 3.05) is 19.6 Å². The Labute approximate surface area is 138 Å². The Morgan fingerprint density at radius 3 is 2.87 bits per heavy atom. The number of guanidine groups is 1. The van der Waals surface area contributed by atoms with E-state index in [0.717, 1.165) is 56.4 Å². The van der Waals surface area contributed by atoms with Crippen molar-refractivity contribution in [1.82, 2.24) is 20.4 Å². The van der Waals surface area contributed by atoms with Crippen molar-refractivity contribution in [1.29, 1.82) is 0 Å². The lowest BCUT2D eigenvalue weighted by Gasteiger charge is -2.10. The van der Waals surface area contributed by atoms with Crippen molar-refractivity contribution in [2.24, 2.45) is 4.99 Å². The predicted octanol–water partition coefficient (Wildman–Crippen LogP) is 2.28. The van der Waals surface area contributed by atoms with Gasteiger partial charge in [0.1, 0.15) is 5.76 Å². The summed E-state index contributed by atoms with van der Waals surface area (Å²) in [6, 6.07) is 6.00. The third kappa shape index (κ3) is 5.81. The number of nitrogens with one attached hydrogen (secondary N) is 2. The Kier molecular flexibility index (Phi) is 6.72. The van der Waals surface area contributed by atoms with Gasteiger partial charge in [-0.3, -0.25) is 9.67 Å². The van der Waals surface area contributed by atoms with Crippen molar-refractivity contribution in [3.63, 3.8) is 0 Å². The number of furan rings is 1. The lowest BCUT2D eigenvalue weighted by atomic mass is 10.3. The van der Waals surface area contributed by atoms with Crippen LogP contribution in [0.3, 0.4) is 0 Å². The topological polar surface area (TPSA) is 67.4 Å². The van der Waals surface area contributed by atoms with Crippen LogP contribution in [-0.4, -0.2) is 35.4 Å². The molecule has 2 N–H and O–H groups in total. The van der Waals surface area contributed by atoms with Crippen molar-refractivity contribution < 1.29 is 4.42 Å². The lowest BCUT2D eigenvalue weighted by Crippen LogP contribution is -2.38. The molecule has 0 fully saturated rings. The van der Waals surface area contributed by atoms with Crippen LogP contribution in [0.25, 0.3) is 0 Å². The summed E-state index contributed by atoms with van der Waals surface area (Å²) in [5.41, 5.74) is 2.27. The van der Waals surface area contributed by atoms with Crippen LogP contribution >= 0.6 is 0 Å². The highest BCUT2D eigenvalue weighted by molar-refractivity contribution is 5.79. The Morgan fingerprint density at radius 1 is 1.35 bits per heavy atom. The van der Waals surface area contributed by atoms with Gasteiger partial charge in [-0.15, -0.1) is 0 Å². The number of aliphatic imine (C=N–C) groups is 1. The zero-order valence-corrected chi connectivity index (χ0v) is 14.3. The van der Waals surface area contributed by atoms with Crippen molar-refractivity contribution in [2.45, 2.75) is 40.2 Å². The highest BCUT2D eigenvalue weighted by atomic mass is 16.3. The normalized spacial score (nSPS) is 11.7. The molecule has 126 valence electrons. The van der Waals surface area contributed by atoms with Gasteiger partial charge in [-0.1, -0.05) is 0 Å². The number of rotatable bonds is 8. The fourth-order valence-corrected chi connectivity index (χ4v) is 2.41. The SMILES string of the molecule is CCNC(=NCCCn1nc(C)cc1C)NCCc1ccco1. The Balaban J connectivity index is 1.73. The van der Waals surface area contributed by atoms with E-state index >= 15 is 0 Å². The number of hydrogen-bond donors (Lipinski definition) is 2. The van der Waals surface area contributed by atoms with E-state index in [1.165, 1.54) is 5.69 Å². The second kappa shape index (κ2) is 9.02. The van der Waals surface area contributed by atoms with Gasteiger partial charge in [0.25, 0.3) is 0 Å². The zero-order chi connectivity index (χ0) is 16.5. The third-order valence-corrected chi connectivity index (χ3v) is 3.49. The van der Waals surface area contributed by atoms with Crippen LogP contribution in [0.1, 0.15) is 30.5 Å². The van der Waals surface area contributed by atoms with Gasteiger partial charge in [-0.25, -0.2) is 0 Å². The number of nitrogens with zero attached hydrogens (tertiary/aromatic N) is 3. The largest absolute Gasteiger partial charge is 0.469 e. The van der Waals surface area contributed by atoms with E-state index in [0.29, 0.717) is 0 Å². The van der Waals surface area contributed by atoms with Crippen molar-refractivity contribution in [3.8, 4) is 0 Å². The molecule has 0 bridgehead atoms. The maximum atomic E-state index is 5.33. The first-order valence-electron chi connectivity index (χ1n) is 8.24. The van der Waals surface area contributed by atoms with E-state index in [-0.39, 0.29) is 0 Å². The molecule has 2 aromatic heterocycles. The maximum Gasteiger partial charge on any atom is 0.191 e. The molecule has 2 heterocycles. The van der Waals surface area contributed by atoms with Gasteiger partial charge in [0.05, 0.1) is 12.0 Å². The highest BCUT2D eigenvalue weighted by Gasteiger charge is 2.01. The molecule has 0 spiro atoms. The predicted molar refractivity (Wildman–Crippen MR) is 92.7 cm³/mol.